The van der Waals surface area contributed by atoms with E-state index in [1.165, 1.54) is 0 Å². The average molecular weight is 281 g/mol. The Morgan fingerprint density at radius 2 is 1.95 bits per heavy atom. The van der Waals surface area contributed by atoms with Crippen LogP contribution in [0.3, 0.4) is 0 Å². The second-order valence-electron chi connectivity index (χ2n) is 3.96. The zero-order chi connectivity index (χ0) is 15.0. The minimum Gasteiger partial charge on any atom is -0.493 e. The van der Waals surface area contributed by atoms with Gasteiger partial charge in [-0.3, -0.25) is 0 Å². The molecule has 0 radical (unpaired) electrons. The largest absolute Gasteiger partial charge is 0.493 e. The second kappa shape index (κ2) is 8.04. The number of carbonyl (C=O) groups excluding carboxylic acids is 1. The van der Waals surface area contributed by atoms with Crippen molar-refractivity contribution in [2.45, 2.75) is 19.8 Å². The van der Waals surface area contributed by atoms with Gasteiger partial charge in [0, 0.05) is 6.42 Å². The Balaban J connectivity index is 2.72. The van der Waals surface area contributed by atoms with Crippen LogP contribution in [0.15, 0.2) is 23.4 Å². The topological polar surface area (TPSA) is 77.4 Å². The number of nitrogens with zero attached hydrogens (tertiary/aromatic N) is 1. The average Bonchev–Trinajstić information content (AvgIpc) is 2.47. The summed E-state index contributed by atoms with van der Waals surface area (Å²) in [7, 11) is 3.12. The predicted molar refractivity (Wildman–Crippen MR) is 73.7 cm³/mol. The summed E-state index contributed by atoms with van der Waals surface area (Å²) < 4.78 is 15.1. The van der Waals surface area contributed by atoms with Gasteiger partial charge in [-0.05, 0) is 31.0 Å². The van der Waals surface area contributed by atoms with Gasteiger partial charge in [0.15, 0.2) is 17.2 Å². The molecule has 0 aliphatic rings. The number of hydrogen-bond acceptors (Lipinski definition) is 6. The van der Waals surface area contributed by atoms with Gasteiger partial charge in [-0.25, -0.2) is 4.79 Å². The van der Waals surface area contributed by atoms with Crippen LogP contribution in [-0.2, 0) is 16.0 Å². The van der Waals surface area contributed by atoms with Crippen molar-refractivity contribution in [1.82, 2.24) is 0 Å². The lowest BCUT2D eigenvalue weighted by atomic mass is 10.1. The molecule has 1 aromatic rings. The summed E-state index contributed by atoms with van der Waals surface area (Å²) in [5.41, 5.74) is 0.940. The van der Waals surface area contributed by atoms with E-state index in [-0.39, 0.29) is 18.7 Å². The molecule has 0 bridgehead atoms. The molecule has 0 spiro atoms. The lowest BCUT2D eigenvalue weighted by molar-refractivity contribution is -0.135. The SMILES string of the molecule is CCOC(=O)C(CCc1ccc(OC)c(OC)c1)=NO. The molecule has 0 aliphatic carbocycles. The molecular weight excluding hydrogens is 262 g/mol. The molecule has 0 heterocycles. The van der Waals surface area contributed by atoms with Crippen molar-refractivity contribution in [3.63, 3.8) is 0 Å². The van der Waals surface area contributed by atoms with Crippen molar-refractivity contribution in [1.29, 1.82) is 0 Å². The van der Waals surface area contributed by atoms with Crippen molar-refractivity contribution in [3.8, 4) is 11.5 Å². The molecule has 0 saturated carbocycles. The molecule has 6 nitrogen and oxygen atoms in total. The fourth-order valence-corrected chi connectivity index (χ4v) is 1.71. The molecule has 1 N–H and O–H groups in total. The summed E-state index contributed by atoms with van der Waals surface area (Å²) in [5.74, 6) is 0.650. The van der Waals surface area contributed by atoms with Gasteiger partial charge in [0.1, 0.15) is 0 Å². The summed E-state index contributed by atoms with van der Waals surface area (Å²) in [6.07, 6.45) is 0.809. The first-order valence-electron chi connectivity index (χ1n) is 6.25. The highest BCUT2D eigenvalue weighted by Crippen LogP contribution is 2.27. The molecular formula is C14H19NO5. The van der Waals surface area contributed by atoms with Crippen LogP contribution in [-0.4, -0.2) is 37.7 Å². The van der Waals surface area contributed by atoms with Crippen molar-refractivity contribution in [2.24, 2.45) is 5.16 Å². The maximum atomic E-state index is 11.5. The first kappa shape index (κ1) is 15.8. The van der Waals surface area contributed by atoms with E-state index >= 15 is 0 Å². The summed E-state index contributed by atoms with van der Waals surface area (Å²) in [5, 5.41) is 11.8. The van der Waals surface area contributed by atoms with Crippen molar-refractivity contribution in [3.05, 3.63) is 23.8 Å². The van der Waals surface area contributed by atoms with E-state index in [0.29, 0.717) is 17.9 Å². The van der Waals surface area contributed by atoms with E-state index < -0.39 is 5.97 Å². The molecule has 20 heavy (non-hydrogen) atoms. The molecule has 0 atom stereocenters. The third-order valence-corrected chi connectivity index (χ3v) is 2.73. The standard InChI is InChI=1S/C14H19NO5/c1-4-20-14(16)11(15-17)7-5-10-6-8-12(18-2)13(9-10)19-3/h6,8-9,17H,4-5,7H2,1-3H3. The first-order valence-corrected chi connectivity index (χ1v) is 6.25. The van der Waals surface area contributed by atoms with E-state index in [1.807, 2.05) is 12.1 Å². The second-order valence-corrected chi connectivity index (χ2v) is 3.96. The number of carbonyl (C=O) groups is 1. The third-order valence-electron chi connectivity index (χ3n) is 2.73. The van der Waals surface area contributed by atoms with E-state index in [0.717, 1.165) is 5.56 Å². The normalized spacial score (nSPS) is 11.1. The van der Waals surface area contributed by atoms with Crippen molar-refractivity contribution in [2.75, 3.05) is 20.8 Å². The van der Waals surface area contributed by atoms with E-state index in [1.54, 1.807) is 27.2 Å². The van der Waals surface area contributed by atoms with E-state index in [2.05, 4.69) is 5.16 Å². The van der Waals surface area contributed by atoms with Gasteiger partial charge in [0.05, 0.1) is 20.8 Å². The summed E-state index contributed by atoms with van der Waals surface area (Å²) >= 11 is 0. The smallest absolute Gasteiger partial charge is 0.356 e. The minimum absolute atomic E-state index is 0.00151. The van der Waals surface area contributed by atoms with Gasteiger partial charge in [0.25, 0.3) is 0 Å². The van der Waals surface area contributed by atoms with Gasteiger partial charge in [-0.15, -0.1) is 0 Å². The van der Waals surface area contributed by atoms with Crippen LogP contribution in [0.2, 0.25) is 0 Å². The van der Waals surface area contributed by atoms with E-state index in [9.17, 15) is 4.79 Å². The molecule has 0 aromatic heterocycles. The highest BCUT2D eigenvalue weighted by atomic mass is 16.5. The Kier molecular flexibility index (Phi) is 6.36. The zero-order valence-corrected chi connectivity index (χ0v) is 11.9. The molecule has 6 heteroatoms. The van der Waals surface area contributed by atoms with Crippen LogP contribution in [0.5, 0.6) is 11.5 Å². The summed E-state index contributed by atoms with van der Waals surface area (Å²) in [6.45, 7) is 1.94. The van der Waals surface area contributed by atoms with Gasteiger partial charge in [-0.2, -0.15) is 0 Å². The highest BCUT2D eigenvalue weighted by molar-refractivity contribution is 6.36. The Morgan fingerprint density at radius 3 is 2.50 bits per heavy atom. The fourth-order valence-electron chi connectivity index (χ4n) is 1.71. The maximum absolute atomic E-state index is 11.5. The number of methoxy groups -OCH3 is 2. The molecule has 0 aliphatic heterocycles. The van der Waals surface area contributed by atoms with Crippen LogP contribution >= 0.6 is 0 Å². The lowest BCUT2D eigenvalue weighted by Gasteiger charge is -2.09. The molecule has 0 unspecified atom stereocenters. The van der Waals surface area contributed by atoms with Crippen LogP contribution in [0, 0.1) is 0 Å². The third kappa shape index (κ3) is 4.15. The van der Waals surface area contributed by atoms with Gasteiger partial charge in [0.2, 0.25) is 0 Å². The number of ether oxygens (including phenoxy) is 3. The number of oxime groups is 1. The Morgan fingerprint density at radius 1 is 1.25 bits per heavy atom. The molecule has 1 aromatic carbocycles. The zero-order valence-electron chi connectivity index (χ0n) is 11.9. The molecule has 0 fully saturated rings. The molecule has 0 amide bonds. The van der Waals surface area contributed by atoms with Crippen molar-refractivity contribution < 1.29 is 24.2 Å². The number of hydrogen-bond donors (Lipinski definition) is 1. The molecule has 0 saturated heterocycles. The van der Waals surface area contributed by atoms with Gasteiger partial charge < -0.3 is 19.4 Å². The number of esters is 1. The fraction of sp³-hybridized carbons (Fsp3) is 0.429. The van der Waals surface area contributed by atoms with Gasteiger partial charge >= 0.3 is 5.97 Å². The van der Waals surface area contributed by atoms with Crippen LogP contribution in [0.4, 0.5) is 0 Å². The quantitative estimate of drug-likeness (QED) is 0.358. The maximum Gasteiger partial charge on any atom is 0.356 e. The Bertz CT molecular complexity index is 484. The summed E-state index contributed by atoms with van der Waals surface area (Å²) in [6, 6.07) is 5.47. The first-order chi connectivity index (χ1) is 9.65. The predicted octanol–water partition coefficient (Wildman–Crippen LogP) is 2.03. The highest BCUT2D eigenvalue weighted by Gasteiger charge is 2.14. The molecule has 1 rings (SSSR count). The number of benzene rings is 1. The van der Waals surface area contributed by atoms with Crippen LogP contribution in [0.25, 0.3) is 0 Å². The Labute approximate surface area is 117 Å². The Hall–Kier alpha value is -2.24. The monoisotopic (exact) mass is 281 g/mol. The van der Waals surface area contributed by atoms with Gasteiger partial charge in [-0.1, -0.05) is 11.2 Å². The lowest BCUT2D eigenvalue weighted by Crippen LogP contribution is -2.18. The minimum atomic E-state index is -0.601. The van der Waals surface area contributed by atoms with E-state index in [4.69, 9.17) is 19.4 Å². The van der Waals surface area contributed by atoms with Crippen LogP contribution in [0.1, 0.15) is 18.9 Å². The summed E-state index contributed by atoms with van der Waals surface area (Å²) in [4.78, 5) is 11.5. The van der Waals surface area contributed by atoms with Crippen molar-refractivity contribution >= 4 is 11.7 Å². The van der Waals surface area contributed by atoms with Crippen LogP contribution < -0.4 is 9.47 Å². The number of rotatable bonds is 7. The number of aryl methyl sites for hydroxylation is 1. The molecule has 110 valence electrons.